The van der Waals surface area contributed by atoms with Gasteiger partial charge in [0, 0.05) is 28.9 Å². The molecule has 3 nitrogen and oxygen atoms in total. The van der Waals surface area contributed by atoms with Gasteiger partial charge in [0.25, 0.3) is 0 Å². The molecule has 0 amide bonds. The van der Waals surface area contributed by atoms with Crippen molar-refractivity contribution in [1.82, 2.24) is 14.9 Å². The highest BCUT2D eigenvalue weighted by Gasteiger charge is 2.16. The Bertz CT molecular complexity index is 504. The molecule has 1 aromatic heterocycles. The van der Waals surface area contributed by atoms with E-state index in [4.69, 9.17) is 11.6 Å². The first-order chi connectivity index (χ1) is 8.11. The number of imidazole rings is 1. The fraction of sp³-hybridized carbons (Fsp3) is 0.250. The van der Waals surface area contributed by atoms with Crippen LogP contribution in [0.5, 0.6) is 0 Å². The molecular formula is C12H13BrClN3. The molecule has 1 atom stereocenters. The summed E-state index contributed by atoms with van der Waals surface area (Å²) in [7, 11) is 3.89. The summed E-state index contributed by atoms with van der Waals surface area (Å²) < 4.78 is 2.96. The molecule has 5 heteroatoms. The molecule has 1 aromatic carbocycles. The van der Waals surface area contributed by atoms with E-state index in [0.717, 1.165) is 15.9 Å². The second kappa shape index (κ2) is 5.21. The maximum absolute atomic E-state index is 6.07. The van der Waals surface area contributed by atoms with E-state index in [0.29, 0.717) is 5.02 Å². The monoisotopic (exact) mass is 313 g/mol. The van der Waals surface area contributed by atoms with Gasteiger partial charge < -0.3 is 9.88 Å². The molecule has 1 unspecified atom stereocenters. The zero-order valence-corrected chi connectivity index (χ0v) is 12.0. The van der Waals surface area contributed by atoms with Gasteiger partial charge in [0.1, 0.15) is 5.82 Å². The fourth-order valence-corrected chi connectivity index (χ4v) is 2.73. The summed E-state index contributed by atoms with van der Waals surface area (Å²) in [4.78, 5) is 4.36. The van der Waals surface area contributed by atoms with Crippen molar-refractivity contribution >= 4 is 27.5 Å². The molecule has 0 saturated carbocycles. The molecule has 0 aliphatic carbocycles. The molecular weight excluding hydrogens is 302 g/mol. The molecule has 0 fully saturated rings. The van der Waals surface area contributed by atoms with Crippen molar-refractivity contribution in [3.63, 3.8) is 0 Å². The zero-order chi connectivity index (χ0) is 12.4. The molecule has 0 aliphatic rings. The van der Waals surface area contributed by atoms with E-state index in [2.05, 4.69) is 26.2 Å². The van der Waals surface area contributed by atoms with Gasteiger partial charge in [-0.1, -0.05) is 27.5 Å². The topological polar surface area (TPSA) is 29.9 Å². The summed E-state index contributed by atoms with van der Waals surface area (Å²) >= 11 is 9.52. The quantitative estimate of drug-likeness (QED) is 0.943. The number of aryl methyl sites for hydroxylation is 1. The lowest BCUT2D eigenvalue weighted by molar-refractivity contribution is 0.617. The van der Waals surface area contributed by atoms with E-state index in [1.165, 1.54) is 0 Å². The first kappa shape index (κ1) is 12.6. The third-order valence-corrected chi connectivity index (χ3v) is 3.30. The third kappa shape index (κ3) is 2.70. The van der Waals surface area contributed by atoms with Crippen LogP contribution in [0.4, 0.5) is 0 Å². The molecule has 90 valence electrons. The van der Waals surface area contributed by atoms with Gasteiger partial charge in [-0.15, -0.1) is 0 Å². The smallest absolute Gasteiger partial charge is 0.130 e. The predicted molar refractivity (Wildman–Crippen MR) is 73.3 cm³/mol. The number of aromatic nitrogens is 2. The number of rotatable bonds is 3. The van der Waals surface area contributed by atoms with Gasteiger partial charge in [0.2, 0.25) is 0 Å². The zero-order valence-electron chi connectivity index (χ0n) is 9.61. The van der Waals surface area contributed by atoms with E-state index in [-0.39, 0.29) is 6.04 Å². The van der Waals surface area contributed by atoms with E-state index < -0.39 is 0 Å². The molecule has 0 aliphatic heterocycles. The van der Waals surface area contributed by atoms with Crippen LogP contribution in [-0.2, 0) is 7.05 Å². The minimum atomic E-state index is 0.0324. The lowest BCUT2D eigenvalue weighted by Crippen LogP contribution is -2.21. The fourth-order valence-electron chi connectivity index (χ4n) is 1.84. The summed E-state index contributed by atoms with van der Waals surface area (Å²) in [5.74, 6) is 0.960. The normalized spacial score (nSPS) is 12.7. The van der Waals surface area contributed by atoms with Gasteiger partial charge in [-0.05, 0) is 30.8 Å². The summed E-state index contributed by atoms with van der Waals surface area (Å²) in [5.41, 5.74) is 1.08. The number of nitrogens with one attached hydrogen (secondary N) is 1. The Balaban J connectivity index is 2.45. The lowest BCUT2D eigenvalue weighted by atomic mass is 10.1. The molecule has 0 spiro atoms. The first-order valence-corrected chi connectivity index (χ1v) is 6.39. The third-order valence-electron chi connectivity index (χ3n) is 2.62. The van der Waals surface area contributed by atoms with Crippen molar-refractivity contribution in [2.75, 3.05) is 7.05 Å². The van der Waals surface area contributed by atoms with Crippen LogP contribution in [0.25, 0.3) is 0 Å². The van der Waals surface area contributed by atoms with Crippen molar-refractivity contribution in [2.24, 2.45) is 7.05 Å². The number of nitrogens with zero attached hydrogens (tertiary/aromatic N) is 2. The van der Waals surface area contributed by atoms with Gasteiger partial charge >= 0.3 is 0 Å². The summed E-state index contributed by atoms with van der Waals surface area (Å²) in [6.45, 7) is 0. The van der Waals surface area contributed by atoms with Crippen molar-refractivity contribution in [2.45, 2.75) is 6.04 Å². The number of hydrogen-bond acceptors (Lipinski definition) is 2. The van der Waals surface area contributed by atoms with E-state index in [1.807, 2.05) is 43.1 Å². The van der Waals surface area contributed by atoms with Crippen LogP contribution >= 0.6 is 27.5 Å². The lowest BCUT2D eigenvalue weighted by Gasteiger charge is -2.17. The highest BCUT2D eigenvalue weighted by atomic mass is 79.9. The Hall–Kier alpha value is -0.840. The molecule has 0 bridgehead atoms. The Morgan fingerprint density at radius 2 is 2.18 bits per heavy atom. The minimum Gasteiger partial charge on any atom is -0.336 e. The van der Waals surface area contributed by atoms with Crippen molar-refractivity contribution < 1.29 is 0 Å². The van der Waals surface area contributed by atoms with Crippen molar-refractivity contribution in [3.8, 4) is 0 Å². The largest absolute Gasteiger partial charge is 0.336 e. The van der Waals surface area contributed by atoms with Crippen LogP contribution in [-0.4, -0.2) is 16.6 Å². The molecule has 17 heavy (non-hydrogen) atoms. The summed E-state index contributed by atoms with van der Waals surface area (Å²) in [6.07, 6.45) is 3.72. The Kier molecular flexibility index (Phi) is 3.86. The predicted octanol–water partition coefficient (Wildman–Crippen LogP) is 3.14. The SMILES string of the molecule is CNC(c1cc(Cl)cc(Br)c1)c1nccn1C. The number of hydrogen-bond donors (Lipinski definition) is 1. The van der Waals surface area contributed by atoms with Crippen LogP contribution in [0.15, 0.2) is 35.1 Å². The molecule has 2 aromatic rings. The minimum absolute atomic E-state index is 0.0324. The average molecular weight is 315 g/mol. The average Bonchev–Trinajstić information content (AvgIpc) is 2.65. The maximum Gasteiger partial charge on any atom is 0.130 e. The van der Waals surface area contributed by atoms with Gasteiger partial charge in [0.05, 0.1) is 6.04 Å². The standard InChI is InChI=1S/C12H13BrClN3/c1-15-11(12-16-3-4-17(12)2)8-5-9(13)7-10(14)6-8/h3-7,11,15H,1-2H3. The summed E-state index contributed by atoms with van der Waals surface area (Å²) in [5, 5.41) is 3.97. The van der Waals surface area contributed by atoms with Crippen LogP contribution in [0.2, 0.25) is 5.02 Å². The van der Waals surface area contributed by atoms with Crippen molar-refractivity contribution in [3.05, 3.63) is 51.5 Å². The van der Waals surface area contributed by atoms with E-state index >= 15 is 0 Å². The Labute approximate surface area is 114 Å². The molecule has 1 N–H and O–H groups in total. The Morgan fingerprint density at radius 3 is 2.71 bits per heavy atom. The number of benzene rings is 1. The van der Waals surface area contributed by atoms with E-state index in [1.54, 1.807) is 6.20 Å². The van der Waals surface area contributed by atoms with Crippen LogP contribution < -0.4 is 5.32 Å². The van der Waals surface area contributed by atoms with E-state index in [9.17, 15) is 0 Å². The first-order valence-electron chi connectivity index (χ1n) is 5.22. The van der Waals surface area contributed by atoms with Crippen LogP contribution in [0.3, 0.4) is 0 Å². The maximum atomic E-state index is 6.07. The van der Waals surface area contributed by atoms with Gasteiger partial charge in [-0.2, -0.15) is 0 Å². The summed E-state index contributed by atoms with van der Waals surface area (Å²) in [6, 6.07) is 5.89. The van der Waals surface area contributed by atoms with Gasteiger partial charge in [0.15, 0.2) is 0 Å². The second-order valence-corrected chi connectivity index (χ2v) is 5.17. The Morgan fingerprint density at radius 1 is 1.41 bits per heavy atom. The van der Waals surface area contributed by atoms with Gasteiger partial charge in [-0.3, -0.25) is 0 Å². The van der Waals surface area contributed by atoms with Gasteiger partial charge in [-0.25, -0.2) is 4.98 Å². The second-order valence-electron chi connectivity index (χ2n) is 3.82. The van der Waals surface area contributed by atoms with Crippen LogP contribution in [0, 0.1) is 0 Å². The molecule has 2 rings (SSSR count). The molecule has 0 saturated heterocycles. The molecule has 0 radical (unpaired) electrons. The van der Waals surface area contributed by atoms with Crippen molar-refractivity contribution in [1.29, 1.82) is 0 Å². The highest BCUT2D eigenvalue weighted by Crippen LogP contribution is 2.26. The highest BCUT2D eigenvalue weighted by molar-refractivity contribution is 9.10. The molecule has 1 heterocycles. The van der Waals surface area contributed by atoms with Crippen LogP contribution in [0.1, 0.15) is 17.4 Å². The number of halogens is 2.